The van der Waals surface area contributed by atoms with Crippen LogP contribution in [0.25, 0.3) is 0 Å². The van der Waals surface area contributed by atoms with Crippen molar-refractivity contribution in [3.05, 3.63) is 34.4 Å². The van der Waals surface area contributed by atoms with Crippen molar-refractivity contribution in [2.75, 3.05) is 11.8 Å². The van der Waals surface area contributed by atoms with Gasteiger partial charge in [0, 0.05) is 11.8 Å². The lowest BCUT2D eigenvalue weighted by Gasteiger charge is -2.26. The van der Waals surface area contributed by atoms with E-state index in [1.165, 1.54) is 0 Å². The fraction of sp³-hybridized carbons (Fsp3) is 0.364. The molecular weight excluding hydrogens is 306 g/mol. The third kappa shape index (κ3) is 3.46. The van der Waals surface area contributed by atoms with Crippen LogP contribution in [0.3, 0.4) is 0 Å². The predicted molar refractivity (Wildman–Crippen MR) is 68.7 cm³/mol. The van der Waals surface area contributed by atoms with E-state index < -0.39 is 28.6 Å². The molecule has 7 heteroatoms. The summed E-state index contributed by atoms with van der Waals surface area (Å²) < 4.78 is 26.7. The molecule has 1 N–H and O–H groups in total. The zero-order valence-electron chi connectivity index (χ0n) is 9.37. The predicted octanol–water partition coefficient (Wildman–Crippen LogP) is 3.58. The third-order valence-electron chi connectivity index (χ3n) is 2.26. The van der Waals surface area contributed by atoms with Gasteiger partial charge in [-0.15, -0.1) is 23.2 Å². The Kier molecular flexibility index (Phi) is 5.20. The van der Waals surface area contributed by atoms with Crippen molar-refractivity contribution in [1.29, 1.82) is 0 Å². The Balaban J connectivity index is 3.01. The number of halogens is 5. The summed E-state index contributed by atoms with van der Waals surface area (Å²) >= 11 is 16.7. The van der Waals surface area contributed by atoms with Crippen LogP contribution in [-0.4, -0.2) is 23.2 Å². The van der Waals surface area contributed by atoms with Crippen molar-refractivity contribution >= 4 is 40.7 Å². The van der Waals surface area contributed by atoms with Crippen molar-refractivity contribution in [1.82, 2.24) is 5.32 Å². The number of benzene rings is 1. The average Bonchev–Trinajstić information content (AvgIpc) is 2.33. The highest BCUT2D eigenvalue weighted by Crippen LogP contribution is 2.20. The van der Waals surface area contributed by atoms with Gasteiger partial charge in [-0.05, 0) is 19.1 Å². The van der Waals surface area contributed by atoms with E-state index in [4.69, 9.17) is 34.8 Å². The molecule has 0 spiro atoms. The fourth-order valence-electron chi connectivity index (χ4n) is 1.14. The van der Waals surface area contributed by atoms with Gasteiger partial charge in [0.05, 0.1) is 16.1 Å². The SMILES string of the molecule is CC(CCl)(CCl)NC(=O)c1cc(F)c(Cl)cc1F. The van der Waals surface area contributed by atoms with E-state index in [1.807, 2.05) is 0 Å². The Morgan fingerprint density at radius 1 is 1.28 bits per heavy atom. The maximum atomic E-state index is 13.5. The highest BCUT2D eigenvalue weighted by molar-refractivity contribution is 6.30. The van der Waals surface area contributed by atoms with E-state index in [-0.39, 0.29) is 16.8 Å². The zero-order chi connectivity index (χ0) is 13.9. The minimum absolute atomic E-state index is 0.0416. The van der Waals surface area contributed by atoms with Gasteiger partial charge < -0.3 is 5.32 Å². The van der Waals surface area contributed by atoms with E-state index in [1.54, 1.807) is 6.92 Å². The second-order valence-electron chi connectivity index (χ2n) is 4.03. The number of amides is 1. The standard InChI is InChI=1S/C11H10Cl3F2NO/c1-11(4-12,5-13)17-10(18)6-2-9(16)7(14)3-8(6)15/h2-3H,4-5H2,1H3,(H,17,18). The number of hydrogen-bond acceptors (Lipinski definition) is 1. The Morgan fingerprint density at radius 3 is 2.33 bits per heavy atom. The van der Waals surface area contributed by atoms with Crippen molar-refractivity contribution in [3.63, 3.8) is 0 Å². The smallest absolute Gasteiger partial charge is 0.254 e. The van der Waals surface area contributed by atoms with Gasteiger partial charge in [0.25, 0.3) is 5.91 Å². The first-order valence-electron chi connectivity index (χ1n) is 4.92. The molecule has 0 aromatic heterocycles. The number of nitrogens with one attached hydrogen (secondary N) is 1. The van der Waals surface area contributed by atoms with E-state index in [9.17, 15) is 13.6 Å². The first-order valence-corrected chi connectivity index (χ1v) is 6.36. The van der Waals surface area contributed by atoms with Crippen LogP contribution in [-0.2, 0) is 0 Å². The molecule has 100 valence electrons. The van der Waals surface area contributed by atoms with Gasteiger partial charge >= 0.3 is 0 Å². The maximum Gasteiger partial charge on any atom is 0.254 e. The molecule has 0 bridgehead atoms. The van der Waals surface area contributed by atoms with Gasteiger partial charge in [0.2, 0.25) is 0 Å². The molecule has 0 unspecified atom stereocenters. The fourth-order valence-corrected chi connectivity index (χ4v) is 1.71. The van der Waals surface area contributed by atoms with Crippen LogP contribution in [0, 0.1) is 11.6 Å². The first-order chi connectivity index (χ1) is 8.33. The van der Waals surface area contributed by atoms with Crippen molar-refractivity contribution < 1.29 is 13.6 Å². The molecular formula is C11H10Cl3F2NO. The molecule has 0 aliphatic rings. The highest BCUT2D eigenvalue weighted by atomic mass is 35.5. The van der Waals surface area contributed by atoms with Crippen LogP contribution in [0.15, 0.2) is 12.1 Å². The Labute approximate surface area is 118 Å². The van der Waals surface area contributed by atoms with Crippen molar-refractivity contribution in [2.24, 2.45) is 0 Å². The first kappa shape index (κ1) is 15.5. The van der Waals surface area contributed by atoms with Gasteiger partial charge in [-0.2, -0.15) is 0 Å². The summed E-state index contributed by atoms with van der Waals surface area (Å²) in [6.45, 7) is 1.59. The molecule has 0 radical (unpaired) electrons. The molecule has 0 fully saturated rings. The molecule has 0 aliphatic heterocycles. The molecule has 0 saturated carbocycles. The van der Waals surface area contributed by atoms with E-state index >= 15 is 0 Å². The molecule has 1 aromatic carbocycles. The molecule has 1 amide bonds. The number of rotatable bonds is 4. The number of alkyl halides is 2. The Morgan fingerprint density at radius 2 is 1.83 bits per heavy atom. The van der Waals surface area contributed by atoms with Gasteiger partial charge in [-0.1, -0.05) is 11.6 Å². The minimum Gasteiger partial charge on any atom is -0.344 e. The van der Waals surface area contributed by atoms with E-state index in [0.717, 1.165) is 12.1 Å². The monoisotopic (exact) mass is 315 g/mol. The van der Waals surface area contributed by atoms with Crippen molar-refractivity contribution in [2.45, 2.75) is 12.5 Å². The highest BCUT2D eigenvalue weighted by Gasteiger charge is 2.26. The molecule has 0 saturated heterocycles. The summed E-state index contributed by atoms with van der Waals surface area (Å²) in [7, 11) is 0. The molecule has 1 aromatic rings. The lowest BCUT2D eigenvalue weighted by molar-refractivity contribution is 0.0917. The largest absolute Gasteiger partial charge is 0.344 e. The molecule has 0 aliphatic carbocycles. The second-order valence-corrected chi connectivity index (χ2v) is 4.97. The molecule has 0 atom stereocenters. The lowest BCUT2D eigenvalue weighted by atomic mass is 10.1. The second kappa shape index (κ2) is 6.04. The van der Waals surface area contributed by atoms with Crippen LogP contribution in [0.5, 0.6) is 0 Å². The number of carbonyl (C=O) groups excluding carboxylic acids is 1. The van der Waals surface area contributed by atoms with Crippen LogP contribution in [0.1, 0.15) is 17.3 Å². The minimum atomic E-state index is -0.912. The summed E-state index contributed by atoms with van der Waals surface area (Å²) in [5, 5.41) is 2.06. The van der Waals surface area contributed by atoms with Gasteiger partial charge in [-0.25, -0.2) is 8.78 Å². The normalized spacial score (nSPS) is 11.4. The maximum absolute atomic E-state index is 13.5. The molecule has 1 rings (SSSR count). The van der Waals surface area contributed by atoms with Gasteiger partial charge in [-0.3, -0.25) is 4.79 Å². The van der Waals surface area contributed by atoms with Crippen LogP contribution >= 0.6 is 34.8 Å². The number of hydrogen-bond donors (Lipinski definition) is 1. The summed E-state index contributed by atoms with van der Waals surface area (Å²) in [5.74, 6) is -2.50. The molecule has 0 heterocycles. The van der Waals surface area contributed by atoms with E-state index in [0.29, 0.717) is 0 Å². The van der Waals surface area contributed by atoms with Crippen LogP contribution in [0.4, 0.5) is 8.78 Å². The molecule has 18 heavy (non-hydrogen) atoms. The zero-order valence-corrected chi connectivity index (χ0v) is 11.6. The quantitative estimate of drug-likeness (QED) is 0.667. The van der Waals surface area contributed by atoms with E-state index in [2.05, 4.69) is 5.32 Å². The average molecular weight is 317 g/mol. The topological polar surface area (TPSA) is 29.1 Å². The van der Waals surface area contributed by atoms with Gasteiger partial charge in [0.1, 0.15) is 11.6 Å². The Bertz CT molecular complexity index is 464. The van der Waals surface area contributed by atoms with Crippen LogP contribution in [0.2, 0.25) is 5.02 Å². The summed E-state index contributed by atoms with van der Waals surface area (Å²) in [6, 6.07) is 1.47. The Hall–Kier alpha value is -0.580. The van der Waals surface area contributed by atoms with Crippen molar-refractivity contribution in [3.8, 4) is 0 Å². The molecule has 2 nitrogen and oxygen atoms in total. The van der Waals surface area contributed by atoms with Gasteiger partial charge in [0.15, 0.2) is 0 Å². The summed E-state index contributed by atoms with van der Waals surface area (Å²) in [6.07, 6.45) is 0. The lowest BCUT2D eigenvalue weighted by Crippen LogP contribution is -2.49. The summed E-state index contributed by atoms with van der Waals surface area (Å²) in [5.41, 5.74) is -1.35. The summed E-state index contributed by atoms with van der Waals surface area (Å²) in [4.78, 5) is 11.8. The number of carbonyl (C=O) groups is 1. The third-order valence-corrected chi connectivity index (χ3v) is 3.73. The van der Waals surface area contributed by atoms with Crippen LogP contribution < -0.4 is 5.32 Å².